The fraction of sp³-hybridized carbons (Fsp3) is 0.647. The number of sulfonamides is 1. The minimum atomic E-state index is -3.33. The van der Waals surface area contributed by atoms with Gasteiger partial charge < -0.3 is 9.64 Å². The number of ether oxygens (including phenoxy) is 1. The van der Waals surface area contributed by atoms with E-state index in [0.717, 1.165) is 38.8 Å². The highest BCUT2D eigenvalue weighted by Crippen LogP contribution is 2.25. The van der Waals surface area contributed by atoms with Gasteiger partial charge in [-0.15, -0.1) is 0 Å². The van der Waals surface area contributed by atoms with Gasteiger partial charge in [0.1, 0.15) is 0 Å². The molecule has 0 atom stereocenters. The van der Waals surface area contributed by atoms with Gasteiger partial charge in [0.25, 0.3) is 0 Å². The Hall–Kier alpha value is -0.950. The quantitative estimate of drug-likeness (QED) is 0.842. The molecule has 0 spiro atoms. The van der Waals surface area contributed by atoms with Crippen LogP contribution in [0.5, 0.6) is 0 Å². The summed E-state index contributed by atoms with van der Waals surface area (Å²) < 4.78 is 32.4. The first-order valence-electron chi connectivity index (χ1n) is 8.43. The Morgan fingerprint density at radius 1 is 0.957 bits per heavy atom. The lowest BCUT2D eigenvalue weighted by atomic mass is 10.00. The standard InChI is InChI=1S/C17H26N2O3S/c1-22-16-9-11-18(12-10-16)15-7-13-19(14-8-15)23(20,21)17-5-3-2-4-6-17/h2-6,15-16H,7-14H2,1H3. The van der Waals surface area contributed by atoms with Crippen molar-refractivity contribution < 1.29 is 13.2 Å². The molecule has 5 nitrogen and oxygen atoms in total. The van der Waals surface area contributed by atoms with E-state index in [9.17, 15) is 8.42 Å². The van der Waals surface area contributed by atoms with Crippen molar-refractivity contribution in [1.82, 2.24) is 9.21 Å². The van der Waals surface area contributed by atoms with Crippen LogP contribution in [-0.2, 0) is 14.8 Å². The zero-order valence-corrected chi connectivity index (χ0v) is 14.5. The van der Waals surface area contributed by atoms with Crippen LogP contribution >= 0.6 is 0 Å². The number of hydrogen-bond acceptors (Lipinski definition) is 4. The zero-order valence-electron chi connectivity index (χ0n) is 13.7. The maximum atomic E-state index is 12.6. The number of methoxy groups -OCH3 is 1. The van der Waals surface area contributed by atoms with Gasteiger partial charge in [0.15, 0.2) is 0 Å². The first-order chi connectivity index (χ1) is 11.1. The van der Waals surface area contributed by atoms with Crippen LogP contribution in [0.4, 0.5) is 0 Å². The summed E-state index contributed by atoms with van der Waals surface area (Å²) in [5.74, 6) is 0. The van der Waals surface area contributed by atoms with Crippen LogP contribution in [0.2, 0.25) is 0 Å². The van der Waals surface area contributed by atoms with E-state index >= 15 is 0 Å². The van der Waals surface area contributed by atoms with Gasteiger partial charge in [-0.25, -0.2) is 8.42 Å². The Bertz CT molecular complexity index is 590. The van der Waals surface area contributed by atoms with E-state index in [4.69, 9.17) is 4.74 Å². The maximum Gasteiger partial charge on any atom is 0.243 e. The minimum Gasteiger partial charge on any atom is -0.381 e. The third kappa shape index (κ3) is 3.76. The van der Waals surface area contributed by atoms with Crippen molar-refractivity contribution in [1.29, 1.82) is 0 Å². The van der Waals surface area contributed by atoms with Crippen molar-refractivity contribution in [3.05, 3.63) is 30.3 Å². The van der Waals surface area contributed by atoms with Gasteiger partial charge in [-0.1, -0.05) is 18.2 Å². The summed E-state index contributed by atoms with van der Waals surface area (Å²) in [4.78, 5) is 2.92. The average molecular weight is 338 g/mol. The van der Waals surface area contributed by atoms with Crippen molar-refractivity contribution in [3.8, 4) is 0 Å². The molecule has 2 fully saturated rings. The SMILES string of the molecule is COC1CCN(C2CCN(S(=O)(=O)c3ccccc3)CC2)CC1. The van der Waals surface area contributed by atoms with Crippen LogP contribution in [0, 0.1) is 0 Å². The van der Waals surface area contributed by atoms with Crippen LogP contribution in [0.25, 0.3) is 0 Å². The first-order valence-corrected chi connectivity index (χ1v) is 9.87. The lowest BCUT2D eigenvalue weighted by Crippen LogP contribution is -2.49. The van der Waals surface area contributed by atoms with E-state index < -0.39 is 10.0 Å². The lowest BCUT2D eigenvalue weighted by Gasteiger charge is -2.41. The summed E-state index contributed by atoms with van der Waals surface area (Å²) in [6.07, 6.45) is 4.40. The molecule has 3 rings (SSSR count). The molecule has 2 aliphatic rings. The molecule has 0 N–H and O–H groups in total. The first kappa shape index (κ1) is 16.9. The Morgan fingerprint density at radius 2 is 1.57 bits per heavy atom. The van der Waals surface area contributed by atoms with E-state index in [1.54, 1.807) is 35.7 Å². The third-order valence-electron chi connectivity index (χ3n) is 5.13. The van der Waals surface area contributed by atoms with Gasteiger partial charge in [0.2, 0.25) is 10.0 Å². The molecular weight excluding hydrogens is 312 g/mol. The monoisotopic (exact) mass is 338 g/mol. The summed E-state index contributed by atoms with van der Waals surface area (Å²) in [6, 6.07) is 9.26. The summed E-state index contributed by atoms with van der Waals surface area (Å²) >= 11 is 0. The fourth-order valence-corrected chi connectivity index (χ4v) is 5.16. The Labute approximate surface area is 139 Å². The van der Waals surface area contributed by atoms with Crippen molar-refractivity contribution >= 4 is 10.0 Å². The smallest absolute Gasteiger partial charge is 0.243 e. The number of likely N-dealkylation sites (tertiary alicyclic amines) is 1. The van der Waals surface area contributed by atoms with Crippen molar-refractivity contribution in [3.63, 3.8) is 0 Å². The van der Waals surface area contributed by atoms with E-state index in [1.165, 1.54) is 0 Å². The second kappa shape index (κ2) is 7.30. The molecule has 0 amide bonds. The van der Waals surface area contributed by atoms with Gasteiger partial charge in [0, 0.05) is 39.3 Å². The Kier molecular flexibility index (Phi) is 5.36. The zero-order chi connectivity index (χ0) is 16.3. The molecule has 1 aromatic rings. The van der Waals surface area contributed by atoms with E-state index in [0.29, 0.717) is 30.1 Å². The number of nitrogens with zero attached hydrogens (tertiary/aromatic N) is 2. The second-order valence-corrected chi connectivity index (χ2v) is 8.36. The number of rotatable bonds is 4. The molecular formula is C17H26N2O3S. The topological polar surface area (TPSA) is 49.9 Å². The van der Waals surface area contributed by atoms with Gasteiger partial charge in [-0.2, -0.15) is 4.31 Å². The number of benzene rings is 1. The molecule has 2 aliphatic heterocycles. The predicted molar refractivity (Wildman–Crippen MR) is 89.8 cm³/mol. The van der Waals surface area contributed by atoms with Gasteiger partial charge in [-0.05, 0) is 37.8 Å². The van der Waals surface area contributed by atoms with Crippen molar-refractivity contribution in [2.24, 2.45) is 0 Å². The second-order valence-electron chi connectivity index (χ2n) is 6.42. The third-order valence-corrected chi connectivity index (χ3v) is 7.04. The van der Waals surface area contributed by atoms with Gasteiger partial charge in [0.05, 0.1) is 11.0 Å². The highest BCUT2D eigenvalue weighted by atomic mass is 32.2. The molecule has 0 radical (unpaired) electrons. The molecule has 0 saturated carbocycles. The van der Waals surface area contributed by atoms with E-state index in [-0.39, 0.29) is 0 Å². The molecule has 1 aromatic carbocycles. The maximum absolute atomic E-state index is 12.6. The van der Waals surface area contributed by atoms with Crippen LogP contribution in [-0.4, -0.2) is 63.1 Å². The summed E-state index contributed by atoms with van der Waals surface area (Å²) in [5.41, 5.74) is 0. The molecule has 2 saturated heterocycles. The average Bonchev–Trinajstić information content (AvgIpc) is 2.63. The highest BCUT2D eigenvalue weighted by Gasteiger charge is 2.32. The molecule has 0 aliphatic carbocycles. The molecule has 128 valence electrons. The molecule has 6 heteroatoms. The molecule has 23 heavy (non-hydrogen) atoms. The predicted octanol–water partition coefficient (Wildman–Crippen LogP) is 1.95. The molecule has 2 heterocycles. The summed E-state index contributed by atoms with van der Waals surface area (Å²) in [5, 5.41) is 0. The van der Waals surface area contributed by atoms with Gasteiger partial charge in [-0.3, -0.25) is 0 Å². The molecule has 0 bridgehead atoms. The van der Waals surface area contributed by atoms with Gasteiger partial charge >= 0.3 is 0 Å². The number of hydrogen-bond donors (Lipinski definition) is 0. The highest BCUT2D eigenvalue weighted by molar-refractivity contribution is 7.89. The molecule has 0 aromatic heterocycles. The largest absolute Gasteiger partial charge is 0.381 e. The summed E-state index contributed by atoms with van der Waals surface area (Å²) in [7, 11) is -1.55. The van der Waals surface area contributed by atoms with Crippen LogP contribution in [0.15, 0.2) is 35.2 Å². The van der Waals surface area contributed by atoms with Crippen LogP contribution in [0.1, 0.15) is 25.7 Å². The summed E-state index contributed by atoms with van der Waals surface area (Å²) in [6.45, 7) is 3.36. The van der Waals surface area contributed by atoms with Crippen molar-refractivity contribution in [2.45, 2.75) is 42.7 Å². The van der Waals surface area contributed by atoms with E-state index in [2.05, 4.69) is 4.90 Å². The van der Waals surface area contributed by atoms with Crippen LogP contribution < -0.4 is 0 Å². The Balaban J connectivity index is 1.57. The molecule has 0 unspecified atom stereocenters. The van der Waals surface area contributed by atoms with E-state index in [1.807, 2.05) is 6.07 Å². The van der Waals surface area contributed by atoms with Crippen LogP contribution in [0.3, 0.4) is 0 Å². The minimum absolute atomic E-state index is 0.393. The fourth-order valence-electron chi connectivity index (χ4n) is 3.67. The Morgan fingerprint density at radius 3 is 2.13 bits per heavy atom. The lowest BCUT2D eigenvalue weighted by molar-refractivity contribution is 0.0190. The normalized spacial score (nSPS) is 23.2. The van der Waals surface area contributed by atoms with Crippen molar-refractivity contribution in [2.75, 3.05) is 33.3 Å². The number of piperidine rings is 2.